The van der Waals surface area contributed by atoms with Gasteiger partial charge in [-0.05, 0) is 61.9 Å². The number of benzene rings is 1. The zero-order valence-corrected chi connectivity index (χ0v) is 17.8. The van der Waals surface area contributed by atoms with Crippen molar-refractivity contribution in [3.8, 4) is 5.75 Å². The van der Waals surface area contributed by atoms with Crippen LogP contribution in [-0.4, -0.2) is 39.5 Å². The number of hydrogen-bond acceptors (Lipinski definition) is 6. The minimum atomic E-state index is -6.15. The van der Waals surface area contributed by atoms with Crippen LogP contribution in [0.1, 0.15) is 42.9 Å². The summed E-state index contributed by atoms with van der Waals surface area (Å²) in [5.74, 6) is -6.43. The lowest BCUT2D eigenvalue weighted by Crippen LogP contribution is -2.32. The molecule has 0 atom stereocenters. The summed E-state index contributed by atoms with van der Waals surface area (Å²) in [6.45, 7) is 2.59. The molecule has 6 nitrogen and oxygen atoms in total. The quantitative estimate of drug-likeness (QED) is 0.252. The zero-order valence-electron chi connectivity index (χ0n) is 16.9. The molecule has 0 N–H and O–H groups in total. The maximum Gasteiger partial charge on any atom is 0.534 e. The summed E-state index contributed by atoms with van der Waals surface area (Å²) in [5.41, 5.74) is -5.39. The Morgan fingerprint density at radius 1 is 1.13 bits per heavy atom. The molecule has 0 amide bonds. The first-order valence-corrected chi connectivity index (χ1v) is 10.6. The Morgan fingerprint density at radius 3 is 2.32 bits per heavy atom. The highest BCUT2D eigenvalue weighted by Gasteiger charge is 2.50. The van der Waals surface area contributed by atoms with Gasteiger partial charge in [-0.15, -0.1) is 0 Å². The average molecular weight is 472 g/mol. The molecule has 1 aliphatic rings. The van der Waals surface area contributed by atoms with Gasteiger partial charge in [-0.1, -0.05) is 0 Å². The Hall–Kier alpha value is -2.37. The summed E-state index contributed by atoms with van der Waals surface area (Å²) in [6, 6.07) is 2.61. The molecule has 0 spiro atoms. The van der Waals surface area contributed by atoms with Crippen LogP contribution >= 0.6 is 0 Å². The topological polar surface area (TPSA) is 78.9 Å². The van der Waals surface area contributed by atoms with E-state index in [1.165, 1.54) is 26.2 Å². The van der Waals surface area contributed by atoms with Crippen LogP contribution in [0, 0.1) is 6.92 Å². The number of allylic oxidation sites excluding steroid dienone is 1. The second-order valence-corrected chi connectivity index (χ2v) is 8.33. The van der Waals surface area contributed by atoms with Crippen LogP contribution in [0.5, 0.6) is 5.75 Å². The first-order valence-electron chi connectivity index (χ1n) is 9.19. The van der Waals surface area contributed by atoms with Gasteiger partial charge in [-0.3, -0.25) is 0 Å². The average Bonchev–Trinajstić information content (AvgIpc) is 2.81. The standard InChI is InChI=1S/C19H21F5O6S/c1-4-29-17(25)18(20,21)10-12-6-5-7-13-11(2)15(28-3)9-8-14(13)16(12)30-31(26,27)19(22,23)24/h8-9H,4-7,10H2,1-3H3. The second kappa shape index (κ2) is 9.01. The van der Waals surface area contributed by atoms with Crippen molar-refractivity contribution in [2.75, 3.05) is 13.7 Å². The second-order valence-electron chi connectivity index (χ2n) is 6.79. The van der Waals surface area contributed by atoms with Crippen LogP contribution in [0.3, 0.4) is 0 Å². The molecule has 0 saturated carbocycles. The molecular weight excluding hydrogens is 451 g/mol. The summed E-state index contributed by atoms with van der Waals surface area (Å²) in [5, 5.41) is 0. The lowest BCUT2D eigenvalue weighted by molar-refractivity contribution is -0.171. The number of ether oxygens (including phenoxy) is 2. The molecule has 0 aromatic heterocycles. The van der Waals surface area contributed by atoms with E-state index in [0.717, 1.165) is 0 Å². The predicted octanol–water partition coefficient (Wildman–Crippen LogP) is 4.51. The Labute approximate surface area is 176 Å². The lowest BCUT2D eigenvalue weighted by Gasteiger charge is -2.21. The molecule has 1 aliphatic carbocycles. The fourth-order valence-electron chi connectivity index (χ4n) is 3.28. The van der Waals surface area contributed by atoms with E-state index in [1.807, 2.05) is 0 Å². The van der Waals surface area contributed by atoms with Crippen LogP contribution in [-0.2, 0) is 30.3 Å². The number of esters is 1. The number of halogens is 5. The van der Waals surface area contributed by atoms with Crippen LogP contribution < -0.4 is 4.74 Å². The van der Waals surface area contributed by atoms with Crippen LogP contribution in [0.2, 0.25) is 0 Å². The molecule has 0 saturated heterocycles. The zero-order chi connectivity index (χ0) is 23.6. The molecule has 0 fully saturated rings. The van der Waals surface area contributed by atoms with Crippen molar-refractivity contribution in [3.63, 3.8) is 0 Å². The monoisotopic (exact) mass is 472 g/mol. The largest absolute Gasteiger partial charge is 0.534 e. The van der Waals surface area contributed by atoms with E-state index in [2.05, 4.69) is 8.92 Å². The molecule has 0 unspecified atom stereocenters. The van der Waals surface area contributed by atoms with Crippen LogP contribution in [0.15, 0.2) is 17.7 Å². The Balaban J connectivity index is 2.69. The van der Waals surface area contributed by atoms with E-state index in [1.54, 1.807) is 6.92 Å². The van der Waals surface area contributed by atoms with Gasteiger partial charge in [0.1, 0.15) is 11.5 Å². The number of fused-ring (bicyclic) bond motifs is 1. The molecular formula is C19H21F5O6S. The highest BCUT2D eigenvalue weighted by molar-refractivity contribution is 7.87. The summed E-state index contributed by atoms with van der Waals surface area (Å²) in [6.07, 6.45) is -1.12. The molecule has 0 heterocycles. The summed E-state index contributed by atoms with van der Waals surface area (Å²) in [4.78, 5) is 11.6. The van der Waals surface area contributed by atoms with Crippen molar-refractivity contribution in [3.05, 3.63) is 34.4 Å². The molecule has 2 rings (SSSR count). The third-order valence-corrected chi connectivity index (χ3v) is 5.68. The van der Waals surface area contributed by atoms with Gasteiger partial charge in [0.2, 0.25) is 0 Å². The molecule has 1 aromatic rings. The molecule has 1 aromatic carbocycles. The van der Waals surface area contributed by atoms with Gasteiger partial charge in [0.25, 0.3) is 0 Å². The van der Waals surface area contributed by atoms with E-state index < -0.39 is 45.3 Å². The van der Waals surface area contributed by atoms with E-state index in [4.69, 9.17) is 4.74 Å². The lowest BCUT2D eigenvalue weighted by atomic mass is 9.96. The molecule has 174 valence electrons. The van der Waals surface area contributed by atoms with Crippen LogP contribution in [0.25, 0.3) is 5.76 Å². The Bertz CT molecular complexity index is 982. The van der Waals surface area contributed by atoms with E-state index in [0.29, 0.717) is 16.9 Å². The number of carbonyl (C=O) groups is 1. The van der Waals surface area contributed by atoms with Gasteiger partial charge >= 0.3 is 27.5 Å². The number of alkyl halides is 5. The molecule has 0 aliphatic heterocycles. The molecule has 0 bridgehead atoms. The first-order chi connectivity index (χ1) is 14.2. The van der Waals surface area contributed by atoms with E-state index in [9.17, 15) is 35.2 Å². The highest BCUT2D eigenvalue weighted by atomic mass is 32.2. The number of methoxy groups -OCH3 is 1. The van der Waals surface area contributed by atoms with Gasteiger partial charge in [-0.25, -0.2) is 4.79 Å². The number of carbonyl (C=O) groups excluding carboxylic acids is 1. The minimum absolute atomic E-state index is 0.0849. The number of hydrogen-bond donors (Lipinski definition) is 0. The SMILES string of the molecule is CCOC(=O)C(F)(F)CC1=C(OS(=O)(=O)C(F)(F)F)c2ccc(OC)c(C)c2CCC1. The van der Waals surface area contributed by atoms with Gasteiger partial charge in [0, 0.05) is 12.0 Å². The van der Waals surface area contributed by atoms with Gasteiger partial charge in [0.05, 0.1) is 13.7 Å². The predicted molar refractivity (Wildman–Crippen MR) is 99.8 cm³/mol. The molecule has 31 heavy (non-hydrogen) atoms. The normalized spacial score (nSPS) is 15.2. The molecule has 12 heteroatoms. The number of rotatable bonds is 7. The smallest absolute Gasteiger partial charge is 0.496 e. The third kappa shape index (κ3) is 5.28. The Morgan fingerprint density at radius 2 is 1.77 bits per heavy atom. The minimum Gasteiger partial charge on any atom is -0.496 e. The van der Waals surface area contributed by atoms with Crippen LogP contribution in [0.4, 0.5) is 22.0 Å². The van der Waals surface area contributed by atoms with Crippen molar-refractivity contribution in [2.24, 2.45) is 0 Å². The third-order valence-electron chi connectivity index (χ3n) is 4.73. The van der Waals surface area contributed by atoms with E-state index >= 15 is 0 Å². The fourth-order valence-corrected chi connectivity index (χ4v) is 3.80. The summed E-state index contributed by atoms with van der Waals surface area (Å²) in [7, 11) is -4.78. The fraction of sp³-hybridized carbons (Fsp3) is 0.526. The summed E-state index contributed by atoms with van der Waals surface area (Å²) >= 11 is 0. The van der Waals surface area contributed by atoms with Gasteiger partial charge < -0.3 is 13.7 Å². The molecule has 0 radical (unpaired) electrons. The summed E-state index contributed by atoms with van der Waals surface area (Å²) < 4.78 is 105. The van der Waals surface area contributed by atoms with Crippen molar-refractivity contribution >= 4 is 21.8 Å². The van der Waals surface area contributed by atoms with E-state index in [-0.39, 0.29) is 31.4 Å². The van der Waals surface area contributed by atoms with Crippen molar-refractivity contribution in [1.82, 2.24) is 0 Å². The highest BCUT2D eigenvalue weighted by Crippen LogP contribution is 2.42. The Kier molecular flexibility index (Phi) is 7.24. The first kappa shape index (κ1) is 24.9. The van der Waals surface area contributed by atoms with Crippen molar-refractivity contribution in [1.29, 1.82) is 0 Å². The van der Waals surface area contributed by atoms with Crippen molar-refractivity contribution < 1.29 is 48.8 Å². The maximum atomic E-state index is 14.4. The van der Waals surface area contributed by atoms with Crippen molar-refractivity contribution in [2.45, 2.75) is 51.0 Å². The van der Waals surface area contributed by atoms with Gasteiger partial charge in [-0.2, -0.15) is 30.4 Å². The maximum absolute atomic E-state index is 14.4. The van der Waals surface area contributed by atoms with Gasteiger partial charge in [0.15, 0.2) is 0 Å².